The first-order valence-corrected chi connectivity index (χ1v) is 8.40. The second-order valence-corrected chi connectivity index (χ2v) is 6.16. The average Bonchev–Trinajstić information content (AvgIpc) is 2.69. The van der Waals surface area contributed by atoms with E-state index in [0.717, 1.165) is 6.07 Å². The number of rotatable bonds is 3. The minimum Gasteiger partial charge on any atom is -0.456 e. The Morgan fingerprint density at radius 3 is 2.39 bits per heavy atom. The molecule has 1 heterocycles. The third kappa shape index (κ3) is 3.53. The fourth-order valence-electron chi connectivity index (χ4n) is 2.82. The molecule has 0 bridgehead atoms. The largest absolute Gasteiger partial charge is 0.456 e. The van der Waals surface area contributed by atoms with Crippen molar-refractivity contribution < 1.29 is 18.0 Å². The molecule has 6 heteroatoms. The fraction of sp³-hybridized carbons (Fsp3) is 0. The lowest BCUT2D eigenvalue weighted by Crippen LogP contribution is -2.12. The summed E-state index contributed by atoms with van der Waals surface area (Å²) in [6.07, 6.45) is 0. The maximum absolute atomic E-state index is 13.3. The van der Waals surface area contributed by atoms with Crippen molar-refractivity contribution >= 4 is 22.6 Å². The number of amides is 1. The Morgan fingerprint density at radius 2 is 1.64 bits per heavy atom. The van der Waals surface area contributed by atoms with E-state index in [0.29, 0.717) is 22.6 Å². The molecule has 0 aliphatic heterocycles. The van der Waals surface area contributed by atoms with Gasteiger partial charge in [0, 0.05) is 22.9 Å². The molecule has 28 heavy (non-hydrogen) atoms. The van der Waals surface area contributed by atoms with E-state index in [1.807, 2.05) is 0 Å². The van der Waals surface area contributed by atoms with Gasteiger partial charge in [0.05, 0.1) is 5.39 Å². The molecular weight excluding hydrogens is 364 g/mol. The Morgan fingerprint density at radius 1 is 0.857 bits per heavy atom. The van der Waals surface area contributed by atoms with Crippen LogP contribution in [0, 0.1) is 11.6 Å². The van der Waals surface area contributed by atoms with E-state index in [-0.39, 0.29) is 22.2 Å². The van der Waals surface area contributed by atoms with Crippen molar-refractivity contribution in [1.29, 1.82) is 0 Å². The summed E-state index contributed by atoms with van der Waals surface area (Å²) < 4.78 is 32.1. The summed E-state index contributed by atoms with van der Waals surface area (Å²) in [6, 6.07) is 16.9. The van der Waals surface area contributed by atoms with Crippen molar-refractivity contribution in [2.24, 2.45) is 0 Å². The Kier molecular flexibility index (Phi) is 4.45. The minimum absolute atomic E-state index is 0.166. The number of anilines is 1. The van der Waals surface area contributed by atoms with Crippen LogP contribution in [0.1, 0.15) is 10.4 Å². The van der Waals surface area contributed by atoms with Crippen molar-refractivity contribution in [3.05, 3.63) is 100 Å². The van der Waals surface area contributed by atoms with Crippen molar-refractivity contribution in [1.82, 2.24) is 0 Å². The molecule has 4 aromatic rings. The van der Waals surface area contributed by atoms with Gasteiger partial charge in [-0.15, -0.1) is 0 Å². The fourth-order valence-corrected chi connectivity index (χ4v) is 2.82. The summed E-state index contributed by atoms with van der Waals surface area (Å²) in [4.78, 5) is 24.7. The number of nitrogens with one attached hydrogen (secondary N) is 1. The van der Waals surface area contributed by atoms with Gasteiger partial charge in [-0.25, -0.2) is 8.78 Å². The number of carbonyl (C=O) groups is 1. The lowest BCUT2D eigenvalue weighted by molar-refractivity contribution is 0.102. The molecule has 0 radical (unpaired) electrons. The Balaban J connectivity index is 1.67. The van der Waals surface area contributed by atoms with E-state index in [2.05, 4.69) is 5.32 Å². The minimum atomic E-state index is -0.514. The monoisotopic (exact) mass is 377 g/mol. The molecule has 4 rings (SSSR count). The lowest BCUT2D eigenvalue weighted by atomic mass is 10.1. The second kappa shape index (κ2) is 7.08. The molecule has 138 valence electrons. The summed E-state index contributed by atoms with van der Waals surface area (Å²) in [6.45, 7) is 0. The third-order valence-electron chi connectivity index (χ3n) is 4.20. The standard InChI is InChI=1S/C22H13F2NO3/c23-15-6-4-13(5-7-15)21-12-19(26)18-11-17(8-9-20(18)28-21)25-22(27)14-2-1-3-16(24)10-14/h1-12H,(H,25,27). The van der Waals surface area contributed by atoms with Gasteiger partial charge in [0.2, 0.25) is 0 Å². The zero-order valence-electron chi connectivity index (χ0n) is 14.4. The number of halogens is 2. The first-order valence-electron chi connectivity index (χ1n) is 8.40. The Labute approximate surface area is 158 Å². The average molecular weight is 377 g/mol. The maximum atomic E-state index is 13.3. The number of benzene rings is 3. The quantitative estimate of drug-likeness (QED) is 0.547. The van der Waals surface area contributed by atoms with Crippen molar-refractivity contribution in [2.75, 3.05) is 5.32 Å². The predicted octanol–water partition coefficient (Wildman–Crippen LogP) is 4.99. The molecule has 1 amide bonds. The molecule has 0 saturated carbocycles. The molecule has 0 saturated heterocycles. The van der Waals surface area contributed by atoms with Crippen LogP contribution in [-0.4, -0.2) is 5.91 Å². The van der Waals surface area contributed by atoms with Gasteiger partial charge in [-0.1, -0.05) is 6.07 Å². The summed E-state index contributed by atoms with van der Waals surface area (Å²) in [5, 5.41) is 2.91. The van der Waals surface area contributed by atoms with Gasteiger partial charge in [-0.2, -0.15) is 0 Å². The smallest absolute Gasteiger partial charge is 0.255 e. The van der Waals surface area contributed by atoms with Crippen LogP contribution in [0.3, 0.4) is 0 Å². The van der Waals surface area contributed by atoms with Crippen LogP contribution >= 0.6 is 0 Å². The van der Waals surface area contributed by atoms with Crippen LogP contribution in [0.5, 0.6) is 0 Å². The van der Waals surface area contributed by atoms with Crippen LogP contribution < -0.4 is 10.7 Å². The molecule has 0 fully saturated rings. The normalized spacial score (nSPS) is 10.8. The highest BCUT2D eigenvalue weighted by Gasteiger charge is 2.11. The molecular formula is C22H13F2NO3. The highest BCUT2D eigenvalue weighted by Crippen LogP contribution is 2.24. The van der Waals surface area contributed by atoms with Crippen LogP contribution in [0.4, 0.5) is 14.5 Å². The Bertz CT molecular complexity index is 1250. The number of fused-ring (bicyclic) bond motifs is 1. The zero-order valence-corrected chi connectivity index (χ0v) is 14.4. The van der Waals surface area contributed by atoms with Crippen LogP contribution in [0.25, 0.3) is 22.3 Å². The number of carbonyl (C=O) groups excluding carboxylic acids is 1. The Hall–Kier alpha value is -3.80. The molecule has 0 atom stereocenters. The maximum Gasteiger partial charge on any atom is 0.255 e. The molecule has 0 unspecified atom stereocenters. The van der Waals surface area contributed by atoms with Gasteiger partial charge in [-0.05, 0) is 60.7 Å². The van der Waals surface area contributed by atoms with E-state index in [1.54, 1.807) is 12.1 Å². The van der Waals surface area contributed by atoms with E-state index >= 15 is 0 Å². The lowest BCUT2D eigenvalue weighted by Gasteiger charge is -2.07. The predicted molar refractivity (Wildman–Crippen MR) is 102 cm³/mol. The summed E-state index contributed by atoms with van der Waals surface area (Å²) >= 11 is 0. The SMILES string of the molecule is O=C(Nc1ccc2oc(-c3ccc(F)cc3)cc(=O)c2c1)c1cccc(F)c1. The van der Waals surface area contributed by atoms with Crippen LogP contribution in [0.2, 0.25) is 0 Å². The van der Waals surface area contributed by atoms with Crippen molar-refractivity contribution in [3.63, 3.8) is 0 Å². The second-order valence-electron chi connectivity index (χ2n) is 6.16. The summed E-state index contributed by atoms with van der Waals surface area (Å²) in [5.74, 6) is -1.08. The first-order chi connectivity index (χ1) is 13.5. The molecule has 0 spiro atoms. The third-order valence-corrected chi connectivity index (χ3v) is 4.20. The van der Waals surface area contributed by atoms with E-state index in [9.17, 15) is 18.4 Å². The highest BCUT2D eigenvalue weighted by atomic mass is 19.1. The van der Waals surface area contributed by atoms with Crippen LogP contribution in [-0.2, 0) is 0 Å². The molecule has 0 aliphatic carbocycles. The van der Waals surface area contributed by atoms with E-state index in [4.69, 9.17) is 4.42 Å². The summed E-state index contributed by atoms with van der Waals surface area (Å²) in [5.41, 5.74) is 1.14. The van der Waals surface area contributed by atoms with Gasteiger partial charge >= 0.3 is 0 Å². The molecule has 0 aliphatic rings. The molecule has 4 nitrogen and oxygen atoms in total. The zero-order chi connectivity index (χ0) is 19.7. The molecule has 1 aromatic heterocycles. The molecule has 3 aromatic carbocycles. The van der Waals surface area contributed by atoms with E-state index < -0.39 is 11.7 Å². The van der Waals surface area contributed by atoms with Crippen LogP contribution in [0.15, 0.2) is 82.0 Å². The van der Waals surface area contributed by atoms with Crippen molar-refractivity contribution in [3.8, 4) is 11.3 Å². The van der Waals surface area contributed by atoms with Gasteiger partial charge in [0.15, 0.2) is 5.43 Å². The number of hydrogen-bond acceptors (Lipinski definition) is 3. The number of hydrogen-bond donors (Lipinski definition) is 1. The molecule has 1 N–H and O–H groups in total. The van der Waals surface area contributed by atoms with Gasteiger partial charge < -0.3 is 9.73 Å². The first kappa shape index (κ1) is 17.6. The van der Waals surface area contributed by atoms with Gasteiger partial charge in [-0.3, -0.25) is 9.59 Å². The topological polar surface area (TPSA) is 59.3 Å². The van der Waals surface area contributed by atoms with Crippen molar-refractivity contribution in [2.45, 2.75) is 0 Å². The van der Waals surface area contributed by atoms with Gasteiger partial charge in [0.25, 0.3) is 5.91 Å². The van der Waals surface area contributed by atoms with E-state index in [1.165, 1.54) is 54.6 Å². The van der Waals surface area contributed by atoms with Gasteiger partial charge in [0.1, 0.15) is 23.0 Å². The highest BCUT2D eigenvalue weighted by molar-refractivity contribution is 6.05. The summed E-state index contributed by atoms with van der Waals surface area (Å²) in [7, 11) is 0.